The summed E-state index contributed by atoms with van der Waals surface area (Å²) in [5.74, 6) is 0. The Labute approximate surface area is 326 Å². The van der Waals surface area contributed by atoms with Crippen LogP contribution in [0.15, 0.2) is 182 Å². The normalized spacial score (nSPS) is 17.4. The predicted octanol–water partition coefficient (Wildman–Crippen LogP) is 13.6. The number of aromatic nitrogens is 2. The van der Waals surface area contributed by atoms with Crippen LogP contribution in [0.5, 0.6) is 0 Å². The van der Waals surface area contributed by atoms with Crippen molar-refractivity contribution < 1.29 is 27.4 Å². The van der Waals surface area contributed by atoms with Gasteiger partial charge >= 0.3 is 0 Å². The van der Waals surface area contributed by atoms with Gasteiger partial charge in [-0.15, -0.1) is 11.3 Å². The number of hydrogen-bond acceptors (Lipinski definition) is 1. The quantitative estimate of drug-likeness (QED) is 0.174. The third-order valence-corrected chi connectivity index (χ3v) is 10.1. The van der Waals surface area contributed by atoms with E-state index in [1.54, 1.807) is 30.3 Å². The fraction of sp³-hybridized carbons (Fsp3) is 0. The maximum atomic E-state index is 9.79. The fourth-order valence-corrected chi connectivity index (χ4v) is 7.97. The van der Waals surface area contributed by atoms with Crippen molar-refractivity contribution in [2.75, 3.05) is 0 Å². The highest BCUT2D eigenvalue weighted by atomic mass is 32.1. The van der Waals surface area contributed by atoms with E-state index in [1.807, 2.05) is 0 Å². The van der Waals surface area contributed by atoms with Crippen molar-refractivity contribution in [3.63, 3.8) is 0 Å². The van der Waals surface area contributed by atoms with E-state index in [1.165, 1.54) is 33.4 Å². The molecule has 3 heteroatoms. The van der Waals surface area contributed by atoms with Crippen LogP contribution in [0.1, 0.15) is 27.4 Å². The SMILES string of the molecule is [2H]c1cc2c(cc1-c1c([2H])c([2H])c([2H])c3c1c1cc([2H])c([2H])c([2H])c1n3-c1ccccc1)c1c([2H])c([2H])c([2H])cc1n2-c1c([2H])c([2H])c2c(sc3c([2H])c([2H])c([2H])c(-c4cc([2H])c([2H])c([2H])c4[2H])c32)c1[2H]. The number of para-hydroxylation sites is 3. The zero-order valence-electron chi connectivity index (χ0n) is 46.1. The van der Waals surface area contributed by atoms with Gasteiger partial charge in [0.05, 0.1) is 49.5 Å². The summed E-state index contributed by atoms with van der Waals surface area (Å²) in [6.45, 7) is 0. The molecule has 0 unspecified atom stereocenters. The van der Waals surface area contributed by atoms with Crippen molar-refractivity contribution in [2.45, 2.75) is 0 Å². The molecule has 0 fully saturated rings. The second-order valence-electron chi connectivity index (χ2n) is 11.8. The average Bonchev–Trinajstić information content (AvgIpc) is 4.00. The van der Waals surface area contributed by atoms with E-state index in [9.17, 15) is 9.60 Å². The van der Waals surface area contributed by atoms with Crippen LogP contribution in [0, 0.1) is 0 Å². The van der Waals surface area contributed by atoms with Gasteiger partial charge in [0, 0.05) is 53.1 Å². The largest absolute Gasteiger partial charge is 0.309 e. The van der Waals surface area contributed by atoms with Gasteiger partial charge in [-0.2, -0.15) is 0 Å². The zero-order valence-corrected chi connectivity index (χ0v) is 26.9. The number of fused-ring (bicyclic) bond motifs is 9. The maximum absolute atomic E-state index is 9.79. The summed E-state index contributed by atoms with van der Waals surface area (Å²) < 4.78 is 182. The standard InChI is InChI=1S/C48H30N2S/c1-3-13-31(14-4-1)35-20-12-24-45-48(35)39-27-26-34(30-46(39)51-45)50-41-21-9-7-17-37(41)40-29-32(25-28-43(40)50)36-19-11-23-44-47(36)38-18-8-10-22-42(38)49(44)33-15-5-2-6-16-33/h1-30H/i1D,3D,4D,7D,8D,9D,10D,11D,12D,13D,17D,19D,20D,22D,23D,24D,25D,26D,27D,30D. The van der Waals surface area contributed by atoms with Crippen LogP contribution >= 0.6 is 11.3 Å². The van der Waals surface area contributed by atoms with Crippen molar-refractivity contribution in [3.8, 4) is 33.6 Å². The number of rotatable bonds is 4. The Hall–Kier alpha value is -6.42. The molecule has 0 aliphatic heterocycles. The second kappa shape index (κ2) is 11.0. The Morgan fingerprint density at radius 1 is 0.412 bits per heavy atom. The van der Waals surface area contributed by atoms with Crippen molar-refractivity contribution in [1.29, 1.82) is 0 Å². The lowest BCUT2D eigenvalue weighted by atomic mass is 9.98. The molecule has 238 valence electrons. The molecule has 0 N–H and O–H groups in total. The monoisotopic (exact) mass is 686 g/mol. The Kier molecular flexibility index (Phi) is 3.30. The Morgan fingerprint density at radius 3 is 2.12 bits per heavy atom. The minimum absolute atomic E-state index is 0.00326. The van der Waals surface area contributed by atoms with E-state index in [0.29, 0.717) is 5.69 Å². The minimum Gasteiger partial charge on any atom is -0.309 e. The van der Waals surface area contributed by atoms with Crippen molar-refractivity contribution >= 4 is 75.1 Å². The molecule has 0 saturated heterocycles. The molecular formula is C48H30N2S. The smallest absolute Gasteiger partial charge is 0.0660 e. The van der Waals surface area contributed by atoms with E-state index < -0.39 is 103 Å². The first-order valence-electron chi connectivity index (χ1n) is 25.8. The first-order chi connectivity index (χ1) is 33.6. The molecule has 0 amide bonds. The Bertz CT molecular complexity index is 4290. The van der Waals surface area contributed by atoms with E-state index in [2.05, 4.69) is 0 Å². The lowest BCUT2D eigenvalue weighted by molar-refractivity contribution is 1.18. The molecule has 11 aromatic rings. The van der Waals surface area contributed by atoms with Crippen LogP contribution in [0.25, 0.3) is 97.4 Å². The Balaban J connectivity index is 1.27. The van der Waals surface area contributed by atoms with Crippen LogP contribution in [-0.2, 0) is 0 Å². The van der Waals surface area contributed by atoms with E-state index in [4.69, 9.17) is 17.8 Å². The van der Waals surface area contributed by atoms with Crippen LogP contribution < -0.4 is 0 Å². The third-order valence-electron chi connectivity index (χ3n) is 9.09. The predicted molar refractivity (Wildman–Crippen MR) is 219 cm³/mol. The summed E-state index contributed by atoms with van der Waals surface area (Å²) in [6.07, 6.45) is 0. The molecule has 3 heterocycles. The summed E-state index contributed by atoms with van der Waals surface area (Å²) in [6, 6.07) is 5.63. The first kappa shape index (κ1) is 15.2. The number of benzene rings is 8. The summed E-state index contributed by atoms with van der Waals surface area (Å²) in [5.41, 5.74) is 0.0248. The van der Waals surface area contributed by atoms with E-state index in [0.717, 1.165) is 17.4 Å². The van der Waals surface area contributed by atoms with Gasteiger partial charge in [-0.25, -0.2) is 0 Å². The van der Waals surface area contributed by atoms with E-state index >= 15 is 0 Å². The summed E-state index contributed by atoms with van der Waals surface area (Å²) >= 11 is 0.807. The van der Waals surface area contributed by atoms with Gasteiger partial charge in [-0.3, -0.25) is 0 Å². The van der Waals surface area contributed by atoms with Crippen molar-refractivity contribution in [2.24, 2.45) is 0 Å². The molecule has 0 atom stereocenters. The zero-order chi connectivity index (χ0) is 50.9. The van der Waals surface area contributed by atoms with Crippen LogP contribution in [0.3, 0.4) is 0 Å². The molecule has 0 spiro atoms. The molecule has 51 heavy (non-hydrogen) atoms. The molecule has 0 aliphatic rings. The molecule has 3 aromatic heterocycles. The third kappa shape index (κ3) is 4.22. The van der Waals surface area contributed by atoms with Crippen molar-refractivity contribution in [3.05, 3.63) is 182 Å². The summed E-state index contributed by atoms with van der Waals surface area (Å²) in [5, 5.41) is 0.359. The van der Waals surface area contributed by atoms with Gasteiger partial charge in [0.15, 0.2) is 0 Å². The molecule has 0 bridgehead atoms. The van der Waals surface area contributed by atoms with Crippen LogP contribution in [0.4, 0.5) is 0 Å². The number of thiophene rings is 1. The van der Waals surface area contributed by atoms with Gasteiger partial charge in [-0.1, -0.05) is 121 Å². The van der Waals surface area contributed by atoms with Gasteiger partial charge in [0.1, 0.15) is 0 Å². The second-order valence-corrected chi connectivity index (χ2v) is 12.8. The summed E-state index contributed by atoms with van der Waals surface area (Å²) in [4.78, 5) is 0. The highest BCUT2D eigenvalue weighted by Crippen LogP contribution is 2.43. The molecule has 0 radical (unpaired) electrons. The molecule has 11 rings (SSSR count). The highest BCUT2D eigenvalue weighted by molar-refractivity contribution is 7.26. The highest BCUT2D eigenvalue weighted by Gasteiger charge is 2.19. The number of nitrogens with zero attached hydrogens (tertiary/aromatic N) is 2. The molecule has 8 aromatic carbocycles. The minimum atomic E-state index is -0.624. The molecule has 0 saturated carbocycles. The molecule has 2 nitrogen and oxygen atoms in total. The van der Waals surface area contributed by atoms with Gasteiger partial charge in [-0.05, 0) is 82.8 Å². The van der Waals surface area contributed by atoms with Gasteiger partial charge in [0.2, 0.25) is 0 Å². The lowest BCUT2D eigenvalue weighted by Gasteiger charge is -2.10. The maximum Gasteiger partial charge on any atom is 0.0660 e. The topological polar surface area (TPSA) is 9.86 Å². The van der Waals surface area contributed by atoms with Crippen LogP contribution in [-0.4, -0.2) is 9.13 Å². The van der Waals surface area contributed by atoms with Crippen LogP contribution in [0.2, 0.25) is 0 Å². The van der Waals surface area contributed by atoms with Crippen molar-refractivity contribution in [1.82, 2.24) is 9.13 Å². The average molecular weight is 687 g/mol. The summed E-state index contributed by atoms with van der Waals surface area (Å²) in [7, 11) is 0. The first-order valence-corrected chi connectivity index (χ1v) is 16.6. The van der Waals surface area contributed by atoms with Gasteiger partial charge < -0.3 is 9.13 Å². The molecule has 0 aliphatic carbocycles. The molecular weight excluding hydrogens is 637 g/mol. The lowest BCUT2D eigenvalue weighted by Crippen LogP contribution is -1.93. The Morgan fingerprint density at radius 2 is 1.18 bits per heavy atom. The van der Waals surface area contributed by atoms with E-state index in [-0.39, 0.29) is 110 Å². The van der Waals surface area contributed by atoms with Gasteiger partial charge in [0.25, 0.3) is 0 Å². The fourth-order valence-electron chi connectivity index (χ4n) is 6.95. The number of hydrogen-bond donors (Lipinski definition) is 0.